The van der Waals surface area contributed by atoms with Crippen LogP contribution in [0.5, 0.6) is 5.75 Å². The molecule has 1 amide bonds. The number of rotatable bonds is 6. The van der Waals surface area contributed by atoms with Gasteiger partial charge in [-0.3, -0.25) is 4.79 Å². The van der Waals surface area contributed by atoms with Gasteiger partial charge in [-0.2, -0.15) is 10.1 Å². The Balaban J connectivity index is 1.35. The maximum Gasteiger partial charge on any atom is 0.229 e. The number of thiazole rings is 1. The summed E-state index contributed by atoms with van der Waals surface area (Å²) in [5, 5.41) is 8.75. The average molecular weight is 476 g/mol. The molecular weight excluding hydrogens is 446 g/mol. The number of carbonyl (C=O) groups is 1. The number of carbonyl (C=O) groups excluding carboxylic acids is 1. The Hall–Kier alpha value is -3.39. The van der Waals surface area contributed by atoms with Gasteiger partial charge >= 0.3 is 0 Å². The minimum atomic E-state index is -0.106. The number of hydrogen-bond donors (Lipinski definition) is 1. The highest BCUT2D eigenvalue weighted by Gasteiger charge is 2.29. The van der Waals surface area contributed by atoms with Crippen LogP contribution in [0.1, 0.15) is 31.0 Å². The van der Waals surface area contributed by atoms with Crippen molar-refractivity contribution in [3.63, 3.8) is 0 Å². The first kappa shape index (κ1) is 22.4. The standard InChI is InChI=1S/C26H29N5O2S/c1-4-33-22-10-6-5-9-21(22)27-25(32)19-8-7-15-30(16-19)26-28-24-23(34-26)18(3)29-31(24)20-13-11-17(2)12-14-20/h5-6,9-14,19H,4,7-8,15-16H2,1-3H3,(H,27,32)/t19-/m1/s1. The predicted molar refractivity (Wildman–Crippen MR) is 137 cm³/mol. The summed E-state index contributed by atoms with van der Waals surface area (Å²) in [6, 6.07) is 15.9. The molecule has 0 bridgehead atoms. The van der Waals surface area contributed by atoms with Crippen LogP contribution in [0.2, 0.25) is 0 Å². The third-order valence-corrected chi connectivity index (χ3v) is 7.38. The number of para-hydroxylation sites is 2. The molecule has 34 heavy (non-hydrogen) atoms. The lowest BCUT2D eigenvalue weighted by atomic mass is 9.97. The van der Waals surface area contributed by atoms with Gasteiger partial charge in [-0.15, -0.1) is 0 Å². The molecule has 1 N–H and O–H groups in total. The number of fused-ring (bicyclic) bond motifs is 1. The van der Waals surface area contributed by atoms with E-state index in [4.69, 9.17) is 14.8 Å². The van der Waals surface area contributed by atoms with E-state index in [-0.39, 0.29) is 11.8 Å². The third kappa shape index (κ3) is 4.37. The fourth-order valence-corrected chi connectivity index (χ4v) is 5.40. The van der Waals surface area contributed by atoms with Crippen molar-refractivity contribution in [2.75, 3.05) is 29.9 Å². The van der Waals surface area contributed by atoms with E-state index < -0.39 is 0 Å². The first-order valence-electron chi connectivity index (χ1n) is 11.7. The fourth-order valence-electron chi connectivity index (χ4n) is 4.38. The number of nitrogens with one attached hydrogen (secondary N) is 1. The number of piperidine rings is 1. The normalized spacial score (nSPS) is 16.1. The molecule has 3 heterocycles. The number of nitrogens with zero attached hydrogens (tertiary/aromatic N) is 4. The van der Waals surface area contributed by atoms with Crippen LogP contribution in [0.25, 0.3) is 16.0 Å². The second-order valence-corrected chi connectivity index (χ2v) is 9.66. The van der Waals surface area contributed by atoms with Gasteiger partial charge in [0.15, 0.2) is 10.8 Å². The van der Waals surface area contributed by atoms with Crippen molar-refractivity contribution in [2.24, 2.45) is 5.92 Å². The lowest BCUT2D eigenvalue weighted by Gasteiger charge is -2.31. The summed E-state index contributed by atoms with van der Waals surface area (Å²) in [6.07, 6.45) is 1.81. The van der Waals surface area contributed by atoms with E-state index in [1.54, 1.807) is 11.3 Å². The Morgan fingerprint density at radius 1 is 1.18 bits per heavy atom. The number of ether oxygens (including phenoxy) is 1. The Kier molecular flexibility index (Phi) is 6.24. The summed E-state index contributed by atoms with van der Waals surface area (Å²) in [4.78, 5) is 20.3. The molecule has 1 aliphatic rings. The van der Waals surface area contributed by atoms with Gasteiger partial charge in [0.1, 0.15) is 5.75 Å². The van der Waals surface area contributed by atoms with E-state index in [1.807, 2.05) is 42.8 Å². The van der Waals surface area contributed by atoms with Gasteiger partial charge in [-0.1, -0.05) is 41.2 Å². The molecule has 1 aliphatic heterocycles. The van der Waals surface area contributed by atoms with Crippen molar-refractivity contribution in [1.29, 1.82) is 0 Å². The summed E-state index contributed by atoms with van der Waals surface area (Å²) >= 11 is 1.66. The number of aryl methyl sites for hydroxylation is 2. The number of hydrogen-bond acceptors (Lipinski definition) is 6. The van der Waals surface area contributed by atoms with Gasteiger partial charge in [0.2, 0.25) is 5.91 Å². The molecule has 2 aromatic heterocycles. The van der Waals surface area contributed by atoms with Gasteiger partial charge in [0.05, 0.1) is 34.3 Å². The maximum absolute atomic E-state index is 13.1. The topological polar surface area (TPSA) is 72.3 Å². The Labute approximate surface area is 203 Å². The molecule has 8 heteroatoms. The highest BCUT2D eigenvalue weighted by molar-refractivity contribution is 7.22. The lowest BCUT2D eigenvalue weighted by molar-refractivity contribution is -0.120. The molecular formula is C26H29N5O2S. The zero-order valence-corrected chi connectivity index (χ0v) is 20.6. The molecule has 2 aromatic carbocycles. The zero-order chi connectivity index (χ0) is 23.7. The molecule has 1 atom stereocenters. The van der Waals surface area contributed by atoms with Crippen LogP contribution in [0, 0.1) is 19.8 Å². The summed E-state index contributed by atoms with van der Waals surface area (Å²) < 4.78 is 8.67. The average Bonchev–Trinajstić information content (AvgIpc) is 3.42. The molecule has 7 nitrogen and oxygen atoms in total. The molecule has 0 spiro atoms. The van der Waals surface area contributed by atoms with E-state index >= 15 is 0 Å². The number of anilines is 2. The quantitative estimate of drug-likeness (QED) is 0.407. The largest absolute Gasteiger partial charge is 0.492 e. The maximum atomic E-state index is 13.1. The molecule has 0 radical (unpaired) electrons. The van der Waals surface area contributed by atoms with Gasteiger partial charge in [-0.05, 0) is 57.9 Å². The molecule has 176 valence electrons. The Morgan fingerprint density at radius 3 is 2.76 bits per heavy atom. The molecule has 1 saturated heterocycles. The van der Waals surface area contributed by atoms with Crippen molar-refractivity contribution in [2.45, 2.75) is 33.6 Å². The summed E-state index contributed by atoms with van der Waals surface area (Å²) in [7, 11) is 0. The minimum absolute atomic E-state index is 0.0278. The summed E-state index contributed by atoms with van der Waals surface area (Å²) in [5.41, 5.74) is 4.78. The first-order chi connectivity index (χ1) is 16.5. The first-order valence-corrected chi connectivity index (χ1v) is 12.6. The van der Waals surface area contributed by atoms with Crippen LogP contribution in [0.15, 0.2) is 48.5 Å². The molecule has 1 fully saturated rings. The van der Waals surface area contributed by atoms with Crippen LogP contribution >= 0.6 is 11.3 Å². The molecule has 0 aliphatic carbocycles. The monoisotopic (exact) mass is 475 g/mol. The fraction of sp³-hybridized carbons (Fsp3) is 0.346. The van der Waals surface area contributed by atoms with E-state index in [0.717, 1.165) is 51.9 Å². The van der Waals surface area contributed by atoms with Crippen molar-refractivity contribution >= 4 is 38.4 Å². The lowest BCUT2D eigenvalue weighted by Crippen LogP contribution is -2.40. The zero-order valence-electron chi connectivity index (χ0n) is 19.7. The second-order valence-electron chi connectivity index (χ2n) is 8.69. The minimum Gasteiger partial charge on any atom is -0.492 e. The van der Waals surface area contributed by atoms with Crippen LogP contribution in [-0.4, -0.2) is 40.4 Å². The van der Waals surface area contributed by atoms with Crippen LogP contribution in [-0.2, 0) is 4.79 Å². The van der Waals surface area contributed by atoms with Crippen LogP contribution in [0.3, 0.4) is 0 Å². The van der Waals surface area contributed by atoms with Gasteiger partial charge in [0.25, 0.3) is 0 Å². The van der Waals surface area contributed by atoms with E-state index in [1.165, 1.54) is 5.56 Å². The SMILES string of the molecule is CCOc1ccccc1NC(=O)[C@@H]1CCCN(c2nc3c(s2)c(C)nn3-c2ccc(C)cc2)C1. The van der Waals surface area contributed by atoms with Crippen molar-refractivity contribution < 1.29 is 9.53 Å². The predicted octanol–water partition coefficient (Wildman–Crippen LogP) is 5.35. The number of benzene rings is 2. The molecule has 0 unspecified atom stereocenters. The molecule has 4 aromatic rings. The smallest absolute Gasteiger partial charge is 0.229 e. The van der Waals surface area contributed by atoms with E-state index in [9.17, 15) is 4.79 Å². The van der Waals surface area contributed by atoms with Crippen molar-refractivity contribution in [3.8, 4) is 11.4 Å². The van der Waals surface area contributed by atoms with Crippen molar-refractivity contribution in [1.82, 2.24) is 14.8 Å². The molecule has 0 saturated carbocycles. The summed E-state index contributed by atoms with van der Waals surface area (Å²) in [6.45, 7) is 8.14. The van der Waals surface area contributed by atoms with Crippen LogP contribution in [0.4, 0.5) is 10.8 Å². The number of aromatic nitrogens is 3. The second kappa shape index (κ2) is 9.46. The van der Waals surface area contributed by atoms with Crippen molar-refractivity contribution in [3.05, 3.63) is 59.8 Å². The summed E-state index contributed by atoms with van der Waals surface area (Å²) in [5.74, 6) is 0.624. The van der Waals surface area contributed by atoms with Crippen LogP contribution < -0.4 is 15.0 Å². The molecule has 5 rings (SSSR count). The number of amides is 1. The Bertz CT molecular complexity index is 1310. The van der Waals surface area contributed by atoms with Gasteiger partial charge in [0, 0.05) is 13.1 Å². The third-order valence-electron chi connectivity index (χ3n) is 6.16. The van der Waals surface area contributed by atoms with E-state index in [2.05, 4.69) is 41.4 Å². The van der Waals surface area contributed by atoms with E-state index in [0.29, 0.717) is 18.9 Å². The Morgan fingerprint density at radius 2 is 1.97 bits per heavy atom. The van der Waals surface area contributed by atoms with Gasteiger partial charge in [-0.25, -0.2) is 4.68 Å². The highest BCUT2D eigenvalue weighted by Crippen LogP contribution is 2.35. The van der Waals surface area contributed by atoms with Gasteiger partial charge < -0.3 is 15.0 Å². The highest BCUT2D eigenvalue weighted by atomic mass is 32.1.